The monoisotopic (exact) mass is 347 g/mol. The van der Waals surface area contributed by atoms with Gasteiger partial charge in [0.05, 0.1) is 6.04 Å². The Kier molecular flexibility index (Phi) is 3.43. The van der Waals surface area contributed by atoms with Gasteiger partial charge < -0.3 is 4.52 Å². The van der Waals surface area contributed by atoms with E-state index in [2.05, 4.69) is 15.4 Å². The van der Waals surface area contributed by atoms with Gasteiger partial charge in [-0.15, -0.1) is 10.2 Å². The van der Waals surface area contributed by atoms with Gasteiger partial charge in [0.2, 0.25) is 10.0 Å². The molecule has 1 atom stereocenters. The third-order valence-corrected chi connectivity index (χ3v) is 6.53. The van der Waals surface area contributed by atoms with Crippen LogP contribution in [0.15, 0.2) is 33.8 Å². The molecule has 1 saturated heterocycles. The van der Waals surface area contributed by atoms with Gasteiger partial charge in [-0.2, -0.15) is 4.31 Å². The van der Waals surface area contributed by atoms with Crippen LogP contribution in [0.2, 0.25) is 0 Å². The number of fused-ring (bicyclic) bond motifs is 1. The summed E-state index contributed by atoms with van der Waals surface area (Å²) in [5.41, 5.74) is 1.08. The molecule has 4 heterocycles. The fourth-order valence-corrected chi connectivity index (χ4v) is 5.28. The Morgan fingerprint density at radius 3 is 2.83 bits per heavy atom. The van der Waals surface area contributed by atoms with Crippen molar-refractivity contribution in [3.63, 3.8) is 0 Å². The Morgan fingerprint density at radius 2 is 2.08 bits per heavy atom. The summed E-state index contributed by atoms with van der Waals surface area (Å²) < 4.78 is 34.7. The average Bonchev–Trinajstić information content (AvgIpc) is 3.25. The molecule has 0 aromatic carbocycles. The smallest absolute Gasteiger partial charge is 0.249 e. The minimum Gasteiger partial charge on any atom is -0.360 e. The average molecular weight is 347 g/mol. The predicted octanol–water partition coefficient (Wildman–Crippen LogP) is 1.86. The van der Waals surface area contributed by atoms with Gasteiger partial charge in [0, 0.05) is 12.7 Å². The Labute approximate surface area is 139 Å². The number of hydrogen-bond acceptors (Lipinski definition) is 6. The van der Waals surface area contributed by atoms with Crippen molar-refractivity contribution < 1.29 is 12.9 Å². The lowest BCUT2D eigenvalue weighted by molar-refractivity contribution is 0.376. The zero-order valence-electron chi connectivity index (χ0n) is 13.4. The van der Waals surface area contributed by atoms with Gasteiger partial charge in [-0.05, 0) is 38.8 Å². The first-order valence-electron chi connectivity index (χ1n) is 7.74. The summed E-state index contributed by atoms with van der Waals surface area (Å²) in [5.74, 6) is 0.947. The number of aromatic nitrogens is 4. The first kappa shape index (κ1) is 15.3. The molecule has 0 radical (unpaired) electrons. The second-order valence-electron chi connectivity index (χ2n) is 5.91. The summed E-state index contributed by atoms with van der Waals surface area (Å²) in [6, 6.07) is 5.25. The van der Waals surface area contributed by atoms with E-state index in [-0.39, 0.29) is 10.9 Å². The fourth-order valence-electron chi connectivity index (χ4n) is 3.33. The first-order valence-corrected chi connectivity index (χ1v) is 9.18. The van der Waals surface area contributed by atoms with Crippen molar-refractivity contribution >= 4 is 15.7 Å². The van der Waals surface area contributed by atoms with Crippen LogP contribution in [0.4, 0.5) is 0 Å². The van der Waals surface area contributed by atoms with E-state index in [4.69, 9.17) is 4.52 Å². The molecule has 1 aliphatic rings. The standard InChI is InChI=1S/C15H17N5O3S/c1-10-14(11(2)23-18-10)24(21,22)20-9-5-6-12(20)15-17-16-13-7-3-4-8-19(13)15/h3-4,7-8,12H,5-6,9H2,1-2H3. The molecule has 0 spiro atoms. The molecule has 126 valence electrons. The Balaban J connectivity index is 1.81. The highest BCUT2D eigenvalue weighted by Gasteiger charge is 2.41. The van der Waals surface area contributed by atoms with Crippen molar-refractivity contribution in [1.29, 1.82) is 0 Å². The number of pyridine rings is 1. The van der Waals surface area contributed by atoms with Gasteiger partial charge in [0.15, 0.2) is 17.2 Å². The summed E-state index contributed by atoms with van der Waals surface area (Å²) in [4.78, 5) is 0.156. The van der Waals surface area contributed by atoms with Crippen LogP contribution >= 0.6 is 0 Å². The molecule has 8 nitrogen and oxygen atoms in total. The van der Waals surface area contributed by atoms with E-state index in [1.165, 1.54) is 4.31 Å². The molecule has 24 heavy (non-hydrogen) atoms. The molecular weight excluding hydrogens is 330 g/mol. The van der Waals surface area contributed by atoms with Crippen LogP contribution in [0.1, 0.15) is 36.2 Å². The van der Waals surface area contributed by atoms with Gasteiger partial charge >= 0.3 is 0 Å². The molecule has 0 N–H and O–H groups in total. The minimum atomic E-state index is -3.70. The number of nitrogens with zero attached hydrogens (tertiary/aromatic N) is 5. The molecule has 1 unspecified atom stereocenters. The summed E-state index contributed by atoms with van der Waals surface area (Å²) in [5, 5.41) is 12.2. The van der Waals surface area contributed by atoms with Gasteiger partial charge in [0.1, 0.15) is 10.6 Å². The van der Waals surface area contributed by atoms with Crippen molar-refractivity contribution in [2.24, 2.45) is 0 Å². The predicted molar refractivity (Wildman–Crippen MR) is 84.8 cm³/mol. The Morgan fingerprint density at radius 1 is 1.25 bits per heavy atom. The zero-order valence-corrected chi connectivity index (χ0v) is 14.2. The maximum Gasteiger partial charge on any atom is 0.249 e. The van der Waals surface area contributed by atoms with Crippen LogP contribution in [0.3, 0.4) is 0 Å². The molecule has 0 aliphatic carbocycles. The van der Waals surface area contributed by atoms with E-state index >= 15 is 0 Å². The summed E-state index contributed by atoms with van der Waals surface area (Å²) in [7, 11) is -3.70. The number of aryl methyl sites for hydroxylation is 2. The van der Waals surface area contributed by atoms with Crippen LogP contribution < -0.4 is 0 Å². The van der Waals surface area contributed by atoms with E-state index in [0.717, 1.165) is 6.42 Å². The third-order valence-electron chi connectivity index (χ3n) is 4.38. The van der Waals surface area contributed by atoms with E-state index in [1.807, 2.05) is 28.8 Å². The second-order valence-corrected chi connectivity index (χ2v) is 7.74. The van der Waals surface area contributed by atoms with Gasteiger partial charge in [-0.25, -0.2) is 8.42 Å². The van der Waals surface area contributed by atoms with Crippen molar-refractivity contribution in [1.82, 2.24) is 24.1 Å². The Bertz CT molecular complexity index is 988. The lowest BCUT2D eigenvalue weighted by atomic mass is 10.2. The number of sulfonamides is 1. The van der Waals surface area contributed by atoms with Gasteiger partial charge in [0.25, 0.3) is 0 Å². The fraction of sp³-hybridized carbons (Fsp3) is 0.400. The van der Waals surface area contributed by atoms with Gasteiger partial charge in [-0.3, -0.25) is 4.40 Å². The quantitative estimate of drug-likeness (QED) is 0.718. The molecule has 4 rings (SSSR count). The molecule has 0 saturated carbocycles. The number of hydrogen-bond donors (Lipinski definition) is 0. The van der Waals surface area contributed by atoms with E-state index in [9.17, 15) is 8.42 Å². The van der Waals surface area contributed by atoms with E-state index < -0.39 is 10.0 Å². The van der Waals surface area contributed by atoms with Crippen LogP contribution in [-0.2, 0) is 10.0 Å². The highest BCUT2D eigenvalue weighted by Crippen LogP contribution is 2.37. The summed E-state index contributed by atoms with van der Waals surface area (Å²) >= 11 is 0. The maximum absolute atomic E-state index is 13.1. The van der Waals surface area contributed by atoms with Crippen molar-refractivity contribution in [2.75, 3.05) is 6.54 Å². The second kappa shape index (κ2) is 5.38. The topological polar surface area (TPSA) is 93.6 Å². The summed E-state index contributed by atoms with van der Waals surface area (Å²) in [6.45, 7) is 3.70. The largest absolute Gasteiger partial charge is 0.360 e. The highest BCUT2D eigenvalue weighted by molar-refractivity contribution is 7.89. The Hall–Kier alpha value is -2.26. The number of rotatable bonds is 3. The van der Waals surface area contributed by atoms with Crippen LogP contribution in [0, 0.1) is 13.8 Å². The molecular formula is C15H17N5O3S. The maximum atomic E-state index is 13.1. The lowest BCUT2D eigenvalue weighted by Gasteiger charge is -2.22. The van der Waals surface area contributed by atoms with E-state index in [1.54, 1.807) is 13.8 Å². The summed E-state index contributed by atoms with van der Waals surface area (Å²) in [6.07, 6.45) is 3.33. The van der Waals surface area contributed by atoms with Crippen molar-refractivity contribution in [2.45, 2.75) is 37.6 Å². The molecule has 3 aromatic rings. The molecule has 1 fully saturated rings. The minimum absolute atomic E-state index is 0.156. The normalized spacial score (nSPS) is 19.3. The van der Waals surface area contributed by atoms with Crippen LogP contribution in [0.25, 0.3) is 5.65 Å². The highest BCUT2D eigenvalue weighted by atomic mass is 32.2. The first-order chi connectivity index (χ1) is 11.5. The molecule has 0 amide bonds. The molecule has 1 aliphatic heterocycles. The van der Waals surface area contributed by atoms with Crippen LogP contribution in [-0.4, -0.2) is 39.0 Å². The van der Waals surface area contributed by atoms with Crippen molar-refractivity contribution in [3.05, 3.63) is 41.7 Å². The molecule has 0 bridgehead atoms. The van der Waals surface area contributed by atoms with E-state index in [0.29, 0.717) is 35.9 Å². The zero-order chi connectivity index (χ0) is 16.9. The van der Waals surface area contributed by atoms with Crippen molar-refractivity contribution in [3.8, 4) is 0 Å². The lowest BCUT2D eigenvalue weighted by Crippen LogP contribution is -2.32. The van der Waals surface area contributed by atoms with Gasteiger partial charge in [-0.1, -0.05) is 11.2 Å². The third kappa shape index (κ3) is 2.15. The van der Waals surface area contributed by atoms with Crippen LogP contribution in [0.5, 0.6) is 0 Å². The molecule has 9 heteroatoms. The molecule has 3 aromatic heterocycles. The SMILES string of the molecule is Cc1noc(C)c1S(=O)(=O)N1CCCC1c1nnc2ccccn12.